The van der Waals surface area contributed by atoms with Gasteiger partial charge in [0.1, 0.15) is 5.56 Å². The molecule has 5 heteroatoms. The SMILES string of the molecule is C[C@H]1CC(=O)c2cc(C(=O)N3c4ccccc4C[C@@H]3C)c(=O)[nH]c2C1. The van der Waals surface area contributed by atoms with Gasteiger partial charge in [0.15, 0.2) is 5.78 Å². The summed E-state index contributed by atoms with van der Waals surface area (Å²) in [6.45, 7) is 3.96. The van der Waals surface area contributed by atoms with E-state index < -0.39 is 5.56 Å². The topological polar surface area (TPSA) is 70.2 Å². The molecule has 0 saturated heterocycles. The Morgan fingerprint density at radius 3 is 2.68 bits per heavy atom. The molecule has 128 valence electrons. The maximum absolute atomic E-state index is 13.1. The predicted molar refractivity (Wildman–Crippen MR) is 95.3 cm³/mol. The van der Waals surface area contributed by atoms with Gasteiger partial charge < -0.3 is 9.88 Å². The fourth-order valence-corrected chi connectivity index (χ4v) is 3.99. The number of carbonyl (C=O) groups is 2. The first-order valence-corrected chi connectivity index (χ1v) is 8.66. The second kappa shape index (κ2) is 5.69. The number of aromatic nitrogens is 1. The molecule has 5 nitrogen and oxygen atoms in total. The van der Waals surface area contributed by atoms with Crippen LogP contribution in [0.25, 0.3) is 0 Å². The fraction of sp³-hybridized carbons (Fsp3) is 0.350. The number of pyridine rings is 1. The fourth-order valence-electron chi connectivity index (χ4n) is 3.99. The second-order valence-corrected chi connectivity index (χ2v) is 7.20. The van der Waals surface area contributed by atoms with Gasteiger partial charge >= 0.3 is 0 Å². The minimum absolute atomic E-state index is 0.00563. The predicted octanol–water partition coefficient (Wildman–Crippen LogP) is 2.73. The van der Waals surface area contributed by atoms with Gasteiger partial charge in [0.05, 0.1) is 0 Å². The Kier molecular flexibility index (Phi) is 3.60. The number of rotatable bonds is 1. The summed E-state index contributed by atoms with van der Waals surface area (Å²) in [6, 6.07) is 9.22. The highest BCUT2D eigenvalue weighted by Crippen LogP contribution is 2.33. The molecule has 0 spiro atoms. The highest BCUT2D eigenvalue weighted by atomic mass is 16.2. The molecule has 0 bridgehead atoms. The number of para-hydroxylation sites is 1. The first-order valence-electron chi connectivity index (χ1n) is 8.66. The van der Waals surface area contributed by atoms with Crippen LogP contribution in [0.2, 0.25) is 0 Å². The maximum Gasteiger partial charge on any atom is 0.264 e. The Labute approximate surface area is 145 Å². The Hall–Kier alpha value is -2.69. The van der Waals surface area contributed by atoms with Gasteiger partial charge in [0.25, 0.3) is 11.5 Å². The quantitative estimate of drug-likeness (QED) is 0.870. The number of anilines is 1. The molecule has 2 aromatic rings. The molecule has 4 rings (SSSR count). The lowest BCUT2D eigenvalue weighted by molar-refractivity contribution is 0.0952. The molecule has 1 aromatic carbocycles. The van der Waals surface area contributed by atoms with Crippen LogP contribution in [0.15, 0.2) is 35.1 Å². The average Bonchev–Trinajstić information content (AvgIpc) is 2.89. The summed E-state index contributed by atoms with van der Waals surface area (Å²) in [5, 5.41) is 0. The third kappa shape index (κ3) is 2.51. The summed E-state index contributed by atoms with van der Waals surface area (Å²) in [6.07, 6.45) is 1.88. The van der Waals surface area contributed by atoms with Gasteiger partial charge in [-0.3, -0.25) is 14.4 Å². The van der Waals surface area contributed by atoms with Crippen LogP contribution >= 0.6 is 0 Å². The van der Waals surface area contributed by atoms with Gasteiger partial charge in [-0.2, -0.15) is 0 Å². The molecule has 0 radical (unpaired) electrons. The minimum atomic E-state index is -0.415. The van der Waals surface area contributed by atoms with Gasteiger partial charge in [0.2, 0.25) is 0 Å². The number of hydrogen-bond acceptors (Lipinski definition) is 3. The number of Topliss-reactive ketones (excluding diaryl/α,β-unsaturated/α-hetero) is 1. The van der Waals surface area contributed by atoms with Crippen LogP contribution < -0.4 is 10.5 Å². The van der Waals surface area contributed by atoms with Gasteiger partial charge in [-0.1, -0.05) is 25.1 Å². The van der Waals surface area contributed by atoms with E-state index in [2.05, 4.69) is 4.98 Å². The van der Waals surface area contributed by atoms with Gasteiger partial charge in [-0.05, 0) is 43.4 Å². The molecule has 2 heterocycles. The van der Waals surface area contributed by atoms with E-state index in [9.17, 15) is 14.4 Å². The highest BCUT2D eigenvalue weighted by molar-refractivity contribution is 6.09. The summed E-state index contributed by atoms with van der Waals surface area (Å²) in [5.41, 5.74) is 2.72. The molecule has 2 atom stereocenters. The zero-order valence-electron chi connectivity index (χ0n) is 14.3. The zero-order valence-corrected chi connectivity index (χ0v) is 14.3. The van der Waals surface area contributed by atoms with Crippen molar-refractivity contribution in [1.82, 2.24) is 4.98 Å². The number of carbonyl (C=O) groups excluding carboxylic acids is 2. The molecular weight excluding hydrogens is 316 g/mol. The molecule has 1 aromatic heterocycles. The summed E-state index contributed by atoms with van der Waals surface area (Å²) in [5.74, 6) is -0.135. The second-order valence-electron chi connectivity index (χ2n) is 7.20. The number of amides is 1. The number of benzene rings is 1. The lowest BCUT2D eigenvalue weighted by Gasteiger charge is -2.24. The number of aromatic amines is 1. The normalized spacial score (nSPS) is 21.8. The van der Waals surface area contributed by atoms with E-state index in [0.717, 1.165) is 17.7 Å². The third-order valence-corrected chi connectivity index (χ3v) is 5.17. The Morgan fingerprint density at radius 1 is 1.12 bits per heavy atom. The van der Waals surface area contributed by atoms with E-state index in [1.54, 1.807) is 4.90 Å². The highest BCUT2D eigenvalue weighted by Gasteiger charge is 2.33. The monoisotopic (exact) mass is 336 g/mol. The van der Waals surface area contributed by atoms with E-state index >= 15 is 0 Å². The maximum atomic E-state index is 13.1. The van der Waals surface area contributed by atoms with Gasteiger partial charge in [-0.15, -0.1) is 0 Å². The molecule has 1 aliphatic carbocycles. The van der Waals surface area contributed by atoms with Crippen molar-refractivity contribution >= 4 is 17.4 Å². The Morgan fingerprint density at radius 2 is 1.88 bits per heavy atom. The molecule has 1 N–H and O–H groups in total. The first kappa shape index (κ1) is 15.8. The molecule has 2 aliphatic rings. The molecular formula is C20H20N2O3. The van der Waals surface area contributed by atoms with Gasteiger partial charge in [-0.25, -0.2) is 0 Å². The first-order chi connectivity index (χ1) is 12.0. The van der Waals surface area contributed by atoms with Crippen LogP contribution in [-0.2, 0) is 12.8 Å². The number of fused-ring (bicyclic) bond motifs is 2. The number of nitrogens with zero attached hydrogens (tertiary/aromatic N) is 1. The lowest BCUT2D eigenvalue weighted by Crippen LogP contribution is -2.39. The average molecular weight is 336 g/mol. The van der Waals surface area contributed by atoms with E-state index in [0.29, 0.717) is 24.1 Å². The van der Waals surface area contributed by atoms with E-state index in [4.69, 9.17) is 0 Å². The molecule has 0 unspecified atom stereocenters. The van der Waals surface area contributed by atoms with Crippen molar-refractivity contribution in [2.75, 3.05) is 4.90 Å². The third-order valence-electron chi connectivity index (χ3n) is 5.17. The summed E-state index contributed by atoms with van der Waals surface area (Å²) < 4.78 is 0. The Balaban J connectivity index is 1.78. The summed E-state index contributed by atoms with van der Waals surface area (Å²) in [4.78, 5) is 42.4. The van der Waals surface area contributed by atoms with E-state index in [1.807, 2.05) is 38.1 Å². The van der Waals surface area contributed by atoms with Crippen LogP contribution in [0.3, 0.4) is 0 Å². The van der Waals surface area contributed by atoms with Crippen molar-refractivity contribution in [3.05, 3.63) is 63.1 Å². The molecule has 0 saturated carbocycles. The summed E-state index contributed by atoms with van der Waals surface area (Å²) >= 11 is 0. The zero-order chi connectivity index (χ0) is 17.7. The van der Waals surface area contributed by atoms with E-state index in [-0.39, 0.29) is 29.2 Å². The van der Waals surface area contributed by atoms with E-state index in [1.165, 1.54) is 6.07 Å². The van der Waals surface area contributed by atoms with Crippen LogP contribution in [0.5, 0.6) is 0 Å². The largest absolute Gasteiger partial charge is 0.325 e. The summed E-state index contributed by atoms with van der Waals surface area (Å²) in [7, 11) is 0. The van der Waals surface area contributed by atoms with Crippen LogP contribution in [-0.4, -0.2) is 22.7 Å². The van der Waals surface area contributed by atoms with Crippen molar-refractivity contribution in [2.45, 2.75) is 39.2 Å². The van der Waals surface area contributed by atoms with Crippen molar-refractivity contribution in [1.29, 1.82) is 0 Å². The van der Waals surface area contributed by atoms with Crippen molar-refractivity contribution in [3.8, 4) is 0 Å². The van der Waals surface area contributed by atoms with Crippen molar-refractivity contribution in [2.24, 2.45) is 5.92 Å². The standard InChI is InChI=1S/C20H20N2O3/c1-11-7-16-14(18(23)8-11)10-15(19(24)21-16)20(25)22-12(2)9-13-5-3-4-6-17(13)22/h3-6,10-12H,7-9H2,1-2H3,(H,21,24)/t11-,12+/m1/s1. The van der Waals surface area contributed by atoms with Gasteiger partial charge in [0, 0.05) is 29.4 Å². The number of hydrogen-bond donors (Lipinski definition) is 1. The number of H-pyrrole nitrogens is 1. The smallest absolute Gasteiger partial charge is 0.264 e. The lowest BCUT2D eigenvalue weighted by atomic mass is 9.86. The van der Waals surface area contributed by atoms with Crippen LogP contribution in [0.1, 0.15) is 52.2 Å². The van der Waals surface area contributed by atoms with Crippen LogP contribution in [0.4, 0.5) is 5.69 Å². The molecule has 1 amide bonds. The number of nitrogens with one attached hydrogen (secondary N) is 1. The number of ketones is 1. The van der Waals surface area contributed by atoms with Crippen molar-refractivity contribution in [3.63, 3.8) is 0 Å². The van der Waals surface area contributed by atoms with Crippen LogP contribution in [0, 0.1) is 5.92 Å². The molecule has 1 aliphatic heterocycles. The minimum Gasteiger partial charge on any atom is -0.325 e. The molecule has 0 fully saturated rings. The Bertz CT molecular complexity index is 944. The van der Waals surface area contributed by atoms with Crippen molar-refractivity contribution < 1.29 is 9.59 Å². The molecule has 25 heavy (non-hydrogen) atoms.